The number of esters is 1. The van der Waals surface area contributed by atoms with Gasteiger partial charge in [-0.05, 0) is 61.9 Å². The number of hydrogen-bond donors (Lipinski definition) is 0. The van der Waals surface area contributed by atoms with Gasteiger partial charge in [-0.15, -0.1) is 11.3 Å². The second kappa shape index (κ2) is 10.6. The van der Waals surface area contributed by atoms with Gasteiger partial charge in [0, 0.05) is 4.47 Å². The Morgan fingerprint density at radius 3 is 2.48 bits per heavy atom. The van der Waals surface area contributed by atoms with Crippen molar-refractivity contribution in [3.63, 3.8) is 0 Å². The van der Waals surface area contributed by atoms with E-state index in [0.717, 1.165) is 20.4 Å². The molecule has 0 aliphatic heterocycles. The van der Waals surface area contributed by atoms with Crippen molar-refractivity contribution in [3.05, 3.63) is 49.5 Å². The molecule has 1 aromatic heterocycles. The molecule has 0 spiro atoms. The summed E-state index contributed by atoms with van der Waals surface area (Å²) in [5, 5.41) is 0. The number of para-hydroxylation sites is 1. The third-order valence-electron chi connectivity index (χ3n) is 4.09. The lowest BCUT2D eigenvalue weighted by Gasteiger charge is -2.26. The maximum atomic E-state index is 12.3. The van der Waals surface area contributed by atoms with Gasteiger partial charge in [-0.1, -0.05) is 39.0 Å². The van der Waals surface area contributed by atoms with Crippen LogP contribution in [0.1, 0.15) is 36.9 Å². The highest BCUT2D eigenvalue weighted by Crippen LogP contribution is 2.32. The fraction of sp³-hybridized carbons (Fsp3) is 0.450. The van der Waals surface area contributed by atoms with Crippen molar-refractivity contribution in [3.8, 4) is 5.75 Å². The molecule has 0 saturated carbocycles. The van der Waals surface area contributed by atoms with Crippen LogP contribution < -0.4 is 4.74 Å². The average molecular weight is 520 g/mol. The largest absolute Gasteiger partial charge is 0.491 e. The van der Waals surface area contributed by atoms with Crippen molar-refractivity contribution in [2.45, 2.75) is 33.3 Å². The summed E-state index contributed by atoms with van der Waals surface area (Å²) < 4.78 is 19.0. The Bertz CT molecular complexity index is 711. The van der Waals surface area contributed by atoms with Crippen molar-refractivity contribution in [1.82, 2.24) is 0 Å². The van der Waals surface area contributed by atoms with Crippen LogP contribution in [-0.2, 0) is 9.47 Å². The first kappa shape index (κ1) is 22.4. The van der Waals surface area contributed by atoms with Crippen LogP contribution in [0, 0.1) is 5.41 Å². The smallest absolute Gasteiger partial charge is 0.348 e. The van der Waals surface area contributed by atoms with E-state index >= 15 is 0 Å². The first-order valence-corrected chi connectivity index (χ1v) is 11.1. The molecule has 0 amide bonds. The summed E-state index contributed by atoms with van der Waals surface area (Å²) in [6.07, 6.45) is 0.655. The standard InChI is InChI=1S/C20H24Br2O4S/c1-4-20(2,3)13-26-15(11-24-14-8-6-5-7-9-14)12-25-19(23)17-10-16(21)18(22)27-17/h5-10,15H,4,11-13H2,1-3H3. The predicted molar refractivity (Wildman–Crippen MR) is 116 cm³/mol. The van der Waals surface area contributed by atoms with Crippen molar-refractivity contribution in [2.24, 2.45) is 5.41 Å². The summed E-state index contributed by atoms with van der Waals surface area (Å²) in [5.41, 5.74) is 0.0541. The van der Waals surface area contributed by atoms with E-state index in [-0.39, 0.29) is 24.1 Å². The molecule has 0 aliphatic carbocycles. The van der Waals surface area contributed by atoms with Crippen LogP contribution in [0.25, 0.3) is 0 Å². The maximum absolute atomic E-state index is 12.3. The topological polar surface area (TPSA) is 44.8 Å². The van der Waals surface area contributed by atoms with Gasteiger partial charge in [0.15, 0.2) is 0 Å². The Morgan fingerprint density at radius 2 is 1.89 bits per heavy atom. The van der Waals surface area contributed by atoms with Gasteiger partial charge in [-0.2, -0.15) is 0 Å². The number of ether oxygens (including phenoxy) is 3. The first-order chi connectivity index (χ1) is 12.8. The minimum Gasteiger partial charge on any atom is -0.491 e. The van der Waals surface area contributed by atoms with Crippen molar-refractivity contribution in [2.75, 3.05) is 19.8 Å². The van der Waals surface area contributed by atoms with E-state index in [1.807, 2.05) is 30.3 Å². The van der Waals surface area contributed by atoms with Gasteiger partial charge in [0.2, 0.25) is 0 Å². The normalized spacial score (nSPS) is 12.6. The number of thiophene rings is 1. The van der Waals surface area contributed by atoms with Crippen molar-refractivity contribution < 1.29 is 19.0 Å². The van der Waals surface area contributed by atoms with Crippen LogP contribution >= 0.6 is 43.2 Å². The number of carbonyl (C=O) groups excluding carboxylic acids is 1. The third kappa shape index (κ3) is 7.56. The first-order valence-electron chi connectivity index (χ1n) is 8.72. The summed E-state index contributed by atoms with van der Waals surface area (Å²) in [5.74, 6) is 0.396. The zero-order valence-corrected chi connectivity index (χ0v) is 19.7. The fourth-order valence-corrected chi connectivity index (χ4v) is 3.91. The number of rotatable bonds is 10. The van der Waals surface area contributed by atoms with Gasteiger partial charge in [0.25, 0.3) is 0 Å². The summed E-state index contributed by atoms with van der Waals surface area (Å²) >= 11 is 8.10. The quantitative estimate of drug-likeness (QED) is 0.344. The maximum Gasteiger partial charge on any atom is 0.348 e. The monoisotopic (exact) mass is 518 g/mol. The molecule has 0 bridgehead atoms. The van der Waals surface area contributed by atoms with Crippen LogP contribution in [0.15, 0.2) is 44.7 Å². The van der Waals surface area contributed by atoms with E-state index in [0.29, 0.717) is 18.1 Å². The van der Waals surface area contributed by atoms with E-state index in [1.165, 1.54) is 11.3 Å². The van der Waals surface area contributed by atoms with Gasteiger partial charge < -0.3 is 14.2 Å². The molecule has 7 heteroatoms. The van der Waals surface area contributed by atoms with Crippen LogP contribution in [0.4, 0.5) is 0 Å². The molecule has 27 heavy (non-hydrogen) atoms. The molecule has 0 radical (unpaired) electrons. The zero-order valence-electron chi connectivity index (χ0n) is 15.7. The molecule has 0 fully saturated rings. The second-order valence-electron chi connectivity index (χ2n) is 6.91. The van der Waals surface area contributed by atoms with Crippen LogP contribution in [0.5, 0.6) is 5.75 Å². The predicted octanol–water partition coefficient (Wildman–Crippen LogP) is 6.33. The highest BCUT2D eigenvalue weighted by atomic mass is 79.9. The van der Waals surface area contributed by atoms with E-state index in [2.05, 4.69) is 52.6 Å². The van der Waals surface area contributed by atoms with Gasteiger partial charge in [-0.3, -0.25) is 0 Å². The summed E-state index contributed by atoms with van der Waals surface area (Å²) in [6, 6.07) is 11.3. The molecule has 2 aromatic rings. The Hall–Kier alpha value is -0.890. The van der Waals surface area contributed by atoms with E-state index in [9.17, 15) is 4.79 Å². The van der Waals surface area contributed by atoms with Crippen molar-refractivity contribution >= 4 is 49.2 Å². The molecule has 2 rings (SSSR count). The van der Waals surface area contributed by atoms with Crippen LogP contribution in [-0.4, -0.2) is 31.9 Å². The molecule has 1 aromatic carbocycles. The van der Waals surface area contributed by atoms with Gasteiger partial charge in [-0.25, -0.2) is 4.79 Å². The molecule has 0 N–H and O–H groups in total. The van der Waals surface area contributed by atoms with Crippen molar-refractivity contribution in [1.29, 1.82) is 0 Å². The lowest BCUT2D eigenvalue weighted by Crippen LogP contribution is -2.32. The summed E-state index contributed by atoms with van der Waals surface area (Å²) in [6.45, 7) is 7.45. The highest BCUT2D eigenvalue weighted by Gasteiger charge is 2.22. The molecule has 1 unspecified atom stereocenters. The van der Waals surface area contributed by atoms with Gasteiger partial charge in [0.05, 0.1) is 10.4 Å². The minimum atomic E-state index is -0.366. The summed E-state index contributed by atoms with van der Waals surface area (Å²) in [7, 11) is 0. The number of benzene rings is 1. The van der Waals surface area contributed by atoms with E-state index in [4.69, 9.17) is 14.2 Å². The average Bonchev–Trinajstić information content (AvgIpc) is 3.00. The lowest BCUT2D eigenvalue weighted by molar-refractivity contribution is -0.0519. The molecule has 1 atom stereocenters. The SMILES string of the molecule is CCC(C)(C)COC(COC(=O)c1cc(Br)c(Br)s1)COc1ccccc1. The van der Waals surface area contributed by atoms with E-state index < -0.39 is 0 Å². The Kier molecular flexibility index (Phi) is 8.79. The molecule has 0 aliphatic rings. The van der Waals surface area contributed by atoms with Gasteiger partial charge in [0.1, 0.15) is 29.9 Å². The Morgan fingerprint density at radius 1 is 1.19 bits per heavy atom. The molecule has 1 heterocycles. The molecule has 4 nitrogen and oxygen atoms in total. The molecule has 148 valence electrons. The third-order valence-corrected chi connectivity index (χ3v) is 7.33. The van der Waals surface area contributed by atoms with Gasteiger partial charge >= 0.3 is 5.97 Å². The molecular weight excluding hydrogens is 496 g/mol. The molecule has 0 saturated heterocycles. The lowest BCUT2D eigenvalue weighted by atomic mass is 9.92. The van der Waals surface area contributed by atoms with Crippen LogP contribution in [0.3, 0.4) is 0 Å². The van der Waals surface area contributed by atoms with Crippen LogP contribution in [0.2, 0.25) is 0 Å². The Balaban J connectivity index is 1.94. The number of carbonyl (C=O) groups is 1. The zero-order chi connectivity index (χ0) is 19.9. The second-order valence-corrected chi connectivity index (χ2v) is 10.1. The number of halogens is 2. The minimum absolute atomic E-state index is 0.0541. The number of hydrogen-bond acceptors (Lipinski definition) is 5. The Labute approximate surface area is 181 Å². The fourth-order valence-electron chi connectivity index (χ4n) is 1.98. The molecular formula is C20H24Br2O4S. The highest BCUT2D eigenvalue weighted by molar-refractivity contribution is 9.13. The summed E-state index contributed by atoms with van der Waals surface area (Å²) in [4.78, 5) is 12.8. The van der Waals surface area contributed by atoms with E-state index in [1.54, 1.807) is 6.07 Å².